The molecule has 174 valence electrons. The van der Waals surface area contributed by atoms with E-state index in [0.29, 0.717) is 26.1 Å². The molecule has 3 aromatic rings. The fraction of sp³-hybridized carbons (Fsp3) is 0.286. The summed E-state index contributed by atoms with van der Waals surface area (Å²) < 4.78 is 11.5. The molecule has 0 unspecified atom stereocenters. The number of carbonyl (C=O) groups excluding carboxylic acids is 1. The summed E-state index contributed by atoms with van der Waals surface area (Å²) in [5, 5.41) is 0. The second kappa shape index (κ2) is 9.21. The Labute approximate surface area is 200 Å². The van der Waals surface area contributed by atoms with Crippen LogP contribution in [0.1, 0.15) is 23.6 Å². The monoisotopic (exact) mass is 455 g/mol. The van der Waals surface area contributed by atoms with Crippen LogP contribution in [0.2, 0.25) is 0 Å². The van der Waals surface area contributed by atoms with E-state index >= 15 is 0 Å². The highest BCUT2D eigenvalue weighted by atomic mass is 16.5. The van der Waals surface area contributed by atoms with Crippen molar-refractivity contribution < 1.29 is 14.3 Å². The van der Waals surface area contributed by atoms with Crippen LogP contribution in [0.25, 0.3) is 0 Å². The summed E-state index contributed by atoms with van der Waals surface area (Å²) >= 11 is 0. The summed E-state index contributed by atoms with van der Waals surface area (Å²) in [6.45, 7) is 6.25. The van der Waals surface area contributed by atoms with Crippen molar-refractivity contribution in [1.82, 2.24) is 9.80 Å². The van der Waals surface area contributed by atoms with E-state index in [1.807, 2.05) is 59.5 Å². The van der Waals surface area contributed by atoms with E-state index in [1.165, 1.54) is 0 Å². The van der Waals surface area contributed by atoms with Gasteiger partial charge in [0.05, 0.1) is 19.1 Å². The Morgan fingerprint density at radius 1 is 1.06 bits per heavy atom. The number of hydrogen-bond donors (Lipinski definition) is 0. The molecule has 0 saturated carbocycles. The molecule has 0 aliphatic carbocycles. The molecule has 6 heteroatoms. The SMILES string of the molecule is COc1cccc(CC(=O)N2CCN(C3=Nc4ccccc4Oc4ccc(C)cc43)C[C@@H]2C)c1. The summed E-state index contributed by atoms with van der Waals surface area (Å²) in [6.07, 6.45) is 0.367. The highest BCUT2D eigenvalue weighted by molar-refractivity contribution is 6.04. The summed E-state index contributed by atoms with van der Waals surface area (Å²) in [7, 11) is 1.64. The van der Waals surface area contributed by atoms with E-state index < -0.39 is 0 Å². The van der Waals surface area contributed by atoms with E-state index in [-0.39, 0.29) is 11.9 Å². The van der Waals surface area contributed by atoms with Crippen LogP contribution in [0, 0.1) is 6.92 Å². The van der Waals surface area contributed by atoms with E-state index in [0.717, 1.165) is 45.5 Å². The van der Waals surface area contributed by atoms with E-state index in [9.17, 15) is 4.79 Å². The summed E-state index contributed by atoms with van der Waals surface area (Å²) in [5.41, 5.74) is 3.92. The Hall–Kier alpha value is -3.80. The van der Waals surface area contributed by atoms with Gasteiger partial charge in [0.15, 0.2) is 5.75 Å². The third kappa shape index (κ3) is 4.36. The number of methoxy groups -OCH3 is 1. The first-order chi connectivity index (χ1) is 16.5. The highest BCUT2D eigenvalue weighted by Crippen LogP contribution is 2.38. The van der Waals surface area contributed by atoms with E-state index in [2.05, 4.69) is 30.9 Å². The topological polar surface area (TPSA) is 54.4 Å². The first-order valence-electron chi connectivity index (χ1n) is 11.7. The van der Waals surface area contributed by atoms with E-state index in [1.54, 1.807) is 7.11 Å². The quantitative estimate of drug-likeness (QED) is 0.560. The molecule has 1 saturated heterocycles. The number of fused-ring (bicyclic) bond motifs is 2. The van der Waals surface area contributed by atoms with Gasteiger partial charge < -0.3 is 19.3 Å². The molecule has 2 heterocycles. The van der Waals surface area contributed by atoms with Gasteiger partial charge in [0.2, 0.25) is 5.91 Å². The minimum atomic E-state index is 0.0576. The molecule has 0 N–H and O–H groups in total. The van der Waals surface area contributed by atoms with E-state index in [4.69, 9.17) is 14.5 Å². The minimum Gasteiger partial charge on any atom is -0.497 e. The van der Waals surface area contributed by atoms with Crippen molar-refractivity contribution in [3.63, 3.8) is 0 Å². The van der Waals surface area contributed by atoms with Crippen molar-refractivity contribution in [2.45, 2.75) is 26.3 Å². The van der Waals surface area contributed by atoms with Gasteiger partial charge in [-0.1, -0.05) is 35.9 Å². The molecule has 1 fully saturated rings. The second-order valence-electron chi connectivity index (χ2n) is 8.92. The standard InChI is InChI=1S/C28H29N3O3/c1-19-11-12-25-23(15-19)28(29-24-9-4-5-10-26(24)34-25)30-13-14-31(20(2)18-30)27(32)17-21-7-6-8-22(16-21)33-3/h4-12,15-16,20H,13-14,17-18H2,1-3H3/t20-/m0/s1. The summed E-state index contributed by atoms with van der Waals surface area (Å²) in [5.74, 6) is 3.36. The van der Waals surface area contributed by atoms with Gasteiger partial charge in [-0.3, -0.25) is 4.79 Å². The van der Waals surface area contributed by atoms with Crippen molar-refractivity contribution in [1.29, 1.82) is 0 Å². The Kier molecular flexibility index (Phi) is 5.97. The number of amides is 1. The van der Waals surface area contributed by atoms with Gasteiger partial charge in [-0.25, -0.2) is 4.99 Å². The first-order valence-corrected chi connectivity index (χ1v) is 11.7. The molecular formula is C28H29N3O3. The lowest BCUT2D eigenvalue weighted by Gasteiger charge is -2.41. The van der Waals surface area contributed by atoms with Crippen LogP contribution in [-0.2, 0) is 11.2 Å². The molecule has 6 nitrogen and oxygen atoms in total. The van der Waals surface area contributed by atoms with Crippen LogP contribution >= 0.6 is 0 Å². The van der Waals surface area contributed by atoms with Crippen molar-refractivity contribution in [2.24, 2.45) is 4.99 Å². The molecule has 2 aliphatic heterocycles. The Morgan fingerprint density at radius 3 is 2.74 bits per heavy atom. The average Bonchev–Trinajstić information content (AvgIpc) is 3.00. The molecule has 0 radical (unpaired) electrons. The number of piperazine rings is 1. The van der Waals surface area contributed by atoms with Crippen LogP contribution in [0.5, 0.6) is 17.2 Å². The molecule has 34 heavy (non-hydrogen) atoms. The summed E-state index contributed by atoms with van der Waals surface area (Å²) in [6, 6.07) is 21.8. The zero-order valence-electron chi connectivity index (χ0n) is 19.8. The van der Waals surface area contributed by atoms with Gasteiger partial charge in [-0.05, 0) is 55.8 Å². The Balaban J connectivity index is 1.38. The Bertz CT molecular complexity index is 1250. The molecule has 0 spiro atoms. The van der Waals surface area contributed by atoms with Gasteiger partial charge in [0.1, 0.15) is 23.0 Å². The lowest BCUT2D eigenvalue weighted by Crippen LogP contribution is -2.55. The predicted octanol–water partition coefficient (Wildman–Crippen LogP) is 4.96. The molecule has 3 aromatic carbocycles. The number of para-hydroxylation sites is 2. The van der Waals surface area contributed by atoms with Crippen LogP contribution in [-0.4, -0.2) is 54.3 Å². The number of aryl methyl sites for hydroxylation is 1. The van der Waals surface area contributed by atoms with Crippen molar-refractivity contribution >= 4 is 17.4 Å². The lowest BCUT2D eigenvalue weighted by molar-refractivity contribution is -0.134. The third-order valence-corrected chi connectivity index (χ3v) is 6.42. The number of hydrogen-bond acceptors (Lipinski definition) is 5. The average molecular weight is 456 g/mol. The second-order valence-corrected chi connectivity index (χ2v) is 8.92. The fourth-order valence-electron chi connectivity index (χ4n) is 4.66. The Morgan fingerprint density at radius 2 is 1.91 bits per heavy atom. The number of ether oxygens (including phenoxy) is 2. The maximum absolute atomic E-state index is 13.1. The van der Waals surface area contributed by atoms with Gasteiger partial charge in [0.25, 0.3) is 0 Å². The number of aliphatic imine (C=N–C) groups is 1. The molecule has 2 aliphatic rings. The summed E-state index contributed by atoms with van der Waals surface area (Å²) in [4.78, 5) is 22.4. The third-order valence-electron chi connectivity index (χ3n) is 6.42. The largest absolute Gasteiger partial charge is 0.497 e. The van der Waals surface area contributed by atoms with Crippen LogP contribution in [0.3, 0.4) is 0 Å². The number of carbonyl (C=O) groups is 1. The maximum Gasteiger partial charge on any atom is 0.227 e. The number of rotatable bonds is 3. The normalized spacial score (nSPS) is 17.1. The molecular weight excluding hydrogens is 426 g/mol. The van der Waals surface area contributed by atoms with Gasteiger partial charge in [0, 0.05) is 25.7 Å². The fourth-order valence-corrected chi connectivity index (χ4v) is 4.66. The van der Waals surface area contributed by atoms with Crippen molar-refractivity contribution in [3.05, 3.63) is 83.4 Å². The van der Waals surface area contributed by atoms with Crippen molar-refractivity contribution in [2.75, 3.05) is 26.7 Å². The molecule has 1 atom stereocenters. The van der Waals surface area contributed by atoms with Crippen LogP contribution in [0.15, 0.2) is 71.7 Å². The first kappa shape index (κ1) is 22.0. The maximum atomic E-state index is 13.1. The number of benzene rings is 3. The van der Waals surface area contributed by atoms with Gasteiger partial charge in [-0.15, -0.1) is 0 Å². The van der Waals surface area contributed by atoms with Gasteiger partial charge in [-0.2, -0.15) is 0 Å². The zero-order valence-corrected chi connectivity index (χ0v) is 19.8. The smallest absolute Gasteiger partial charge is 0.227 e. The van der Waals surface area contributed by atoms with Crippen molar-refractivity contribution in [3.8, 4) is 17.2 Å². The highest BCUT2D eigenvalue weighted by Gasteiger charge is 2.31. The predicted molar refractivity (Wildman–Crippen MR) is 133 cm³/mol. The lowest BCUT2D eigenvalue weighted by atomic mass is 10.1. The number of amidine groups is 1. The van der Waals surface area contributed by atoms with Crippen LogP contribution < -0.4 is 9.47 Å². The zero-order chi connectivity index (χ0) is 23.7. The molecule has 5 rings (SSSR count). The minimum absolute atomic E-state index is 0.0576. The van der Waals surface area contributed by atoms with Gasteiger partial charge >= 0.3 is 0 Å². The van der Waals surface area contributed by atoms with Crippen LogP contribution in [0.4, 0.5) is 5.69 Å². The molecule has 0 bridgehead atoms. The molecule has 1 amide bonds. The number of nitrogens with zero attached hydrogens (tertiary/aromatic N) is 3. The molecule has 0 aromatic heterocycles.